The van der Waals surface area contributed by atoms with Gasteiger partial charge in [0.2, 0.25) is 0 Å². The summed E-state index contributed by atoms with van der Waals surface area (Å²) in [4.78, 5) is 1.41. The SMILES string of the molecule is CCC(N)CSCc1sccc1Br. The molecule has 0 aliphatic carbocycles. The van der Waals surface area contributed by atoms with Gasteiger partial charge in [0.1, 0.15) is 0 Å². The van der Waals surface area contributed by atoms with Crippen LogP contribution in [0.2, 0.25) is 0 Å². The largest absolute Gasteiger partial charge is 0.327 e. The third-order valence-electron chi connectivity index (χ3n) is 1.78. The molecule has 0 radical (unpaired) electrons. The molecule has 0 spiro atoms. The maximum absolute atomic E-state index is 5.82. The molecule has 0 saturated carbocycles. The van der Waals surface area contributed by atoms with Gasteiger partial charge in [-0.25, -0.2) is 0 Å². The highest BCUT2D eigenvalue weighted by atomic mass is 79.9. The Hall–Kier alpha value is 0.490. The van der Waals surface area contributed by atoms with Gasteiger partial charge in [-0.3, -0.25) is 0 Å². The first-order valence-electron chi connectivity index (χ1n) is 4.29. The van der Waals surface area contributed by atoms with Gasteiger partial charge in [-0.05, 0) is 33.8 Å². The first-order valence-corrected chi connectivity index (χ1v) is 7.12. The topological polar surface area (TPSA) is 26.0 Å². The quantitative estimate of drug-likeness (QED) is 0.893. The monoisotopic (exact) mass is 279 g/mol. The van der Waals surface area contributed by atoms with Crippen LogP contribution in [0.3, 0.4) is 0 Å². The highest BCUT2D eigenvalue weighted by Crippen LogP contribution is 2.27. The van der Waals surface area contributed by atoms with Crippen LogP contribution >= 0.6 is 39.0 Å². The van der Waals surface area contributed by atoms with E-state index >= 15 is 0 Å². The van der Waals surface area contributed by atoms with E-state index in [1.807, 2.05) is 11.8 Å². The van der Waals surface area contributed by atoms with Crippen LogP contribution in [-0.4, -0.2) is 11.8 Å². The predicted octanol–water partition coefficient (Wildman–Crippen LogP) is 3.48. The van der Waals surface area contributed by atoms with Crippen molar-refractivity contribution >= 4 is 39.0 Å². The molecule has 0 bridgehead atoms. The van der Waals surface area contributed by atoms with Gasteiger partial charge in [0.25, 0.3) is 0 Å². The molecule has 0 fully saturated rings. The van der Waals surface area contributed by atoms with E-state index in [1.54, 1.807) is 11.3 Å². The Labute approximate surface area is 96.2 Å². The predicted molar refractivity (Wildman–Crippen MR) is 66.4 cm³/mol. The van der Waals surface area contributed by atoms with Crippen LogP contribution in [0, 0.1) is 0 Å². The first-order chi connectivity index (χ1) is 6.24. The minimum absolute atomic E-state index is 0.351. The van der Waals surface area contributed by atoms with Gasteiger partial charge in [-0.15, -0.1) is 11.3 Å². The molecule has 4 heteroatoms. The number of halogens is 1. The molecule has 0 aromatic carbocycles. The van der Waals surface area contributed by atoms with Gasteiger partial charge >= 0.3 is 0 Å². The van der Waals surface area contributed by atoms with Crippen LogP contribution in [-0.2, 0) is 5.75 Å². The second-order valence-electron chi connectivity index (χ2n) is 2.88. The number of hydrogen-bond donors (Lipinski definition) is 1. The van der Waals surface area contributed by atoms with E-state index in [9.17, 15) is 0 Å². The third-order valence-corrected chi connectivity index (χ3v) is 5.05. The van der Waals surface area contributed by atoms with E-state index in [1.165, 1.54) is 9.35 Å². The highest BCUT2D eigenvalue weighted by molar-refractivity contribution is 9.10. The van der Waals surface area contributed by atoms with E-state index in [0.29, 0.717) is 6.04 Å². The maximum Gasteiger partial charge on any atom is 0.0322 e. The summed E-state index contributed by atoms with van der Waals surface area (Å²) in [5, 5.41) is 2.11. The van der Waals surface area contributed by atoms with E-state index in [2.05, 4.69) is 34.3 Å². The lowest BCUT2D eigenvalue weighted by atomic mass is 10.3. The lowest BCUT2D eigenvalue weighted by Gasteiger charge is -2.06. The number of nitrogens with two attached hydrogens (primary N) is 1. The summed E-state index contributed by atoms with van der Waals surface area (Å²) in [6.07, 6.45) is 1.07. The average Bonchev–Trinajstić information content (AvgIpc) is 2.52. The minimum atomic E-state index is 0.351. The Morgan fingerprint density at radius 3 is 3.00 bits per heavy atom. The summed E-state index contributed by atoms with van der Waals surface area (Å²) in [5.74, 6) is 2.13. The molecule has 1 unspecified atom stereocenters. The van der Waals surface area contributed by atoms with Crippen molar-refractivity contribution in [3.8, 4) is 0 Å². The zero-order chi connectivity index (χ0) is 9.68. The zero-order valence-electron chi connectivity index (χ0n) is 7.63. The first kappa shape index (κ1) is 11.6. The molecule has 2 N–H and O–H groups in total. The van der Waals surface area contributed by atoms with Crippen LogP contribution in [0.1, 0.15) is 18.2 Å². The molecule has 0 amide bonds. The molecule has 13 heavy (non-hydrogen) atoms. The molecule has 1 nitrogen and oxygen atoms in total. The Bertz CT molecular complexity index is 250. The van der Waals surface area contributed by atoms with Crippen molar-refractivity contribution < 1.29 is 0 Å². The maximum atomic E-state index is 5.82. The van der Waals surface area contributed by atoms with Gasteiger partial charge in [-0.1, -0.05) is 6.92 Å². The number of hydrogen-bond acceptors (Lipinski definition) is 3. The molecule has 1 aromatic rings. The average molecular weight is 280 g/mol. The van der Waals surface area contributed by atoms with Gasteiger partial charge in [0.15, 0.2) is 0 Å². The lowest BCUT2D eigenvalue weighted by molar-refractivity contribution is 0.725. The molecule has 1 atom stereocenters. The van der Waals surface area contributed by atoms with E-state index in [0.717, 1.165) is 17.9 Å². The summed E-state index contributed by atoms with van der Waals surface area (Å²) < 4.78 is 1.23. The third kappa shape index (κ3) is 4.02. The smallest absolute Gasteiger partial charge is 0.0322 e. The Balaban J connectivity index is 2.24. The van der Waals surface area contributed by atoms with Crippen molar-refractivity contribution in [1.29, 1.82) is 0 Å². The zero-order valence-corrected chi connectivity index (χ0v) is 10.8. The Morgan fingerprint density at radius 1 is 1.69 bits per heavy atom. The Morgan fingerprint density at radius 2 is 2.46 bits per heavy atom. The molecule has 0 aliphatic rings. The fourth-order valence-corrected chi connectivity index (χ4v) is 3.83. The molecule has 1 heterocycles. The second-order valence-corrected chi connectivity index (χ2v) is 5.76. The van der Waals surface area contributed by atoms with E-state index in [-0.39, 0.29) is 0 Å². The van der Waals surface area contributed by atoms with Gasteiger partial charge in [-0.2, -0.15) is 11.8 Å². The molecule has 74 valence electrons. The summed E-state index contributed by atoms with van der Waals surface area (Å²) >= 11 is 7.23. The van der Waals surface area contributed by atoms with Crippen molar-refractivity contribution in [2.24, 2.45) is 5.73 Å². The molecular formula is C9H14BrNS2. The number of thiophene rings is 1. The molecular weight excluding hydrogens is 266 g/mol. The summed E-state index contributed by atoms with van der Waals surface area (Å²) in [6, 6.07) is 2.45. The van der Waals surface area contributed by atoms with E-state index in [4.69, 9.17) is 5.73 Å². The molecule has 0 saturated heterocycles. The van der Waals surface area contributed by atoms with Crippen LogP contribution < -0.4 is 5.73 Å². The van der Waals surface area contributed by atoms with Crippen molar-refractivity contribution in [3.63, 3.8) is 0 Å². The summed E-state index contributed by atoms with van der Waals surface area (Å²) in [7, 11) is 0. The van der Waals surface area contributed by atoms with Crippen LogP contribution in [0.5, 0.6) is 0 Å². The summed E-state index contributed by atoms with van der Waals surface area (Å²) in [5.41, 5.74) is 5.82. The fourth-order valence-electron chi connectivity index (χ4n) is 0.849. The lowest BCUT2D eigenvalue weighted by Crippen LogP contribution is -2.21. The molecule has 1 rings (SSSR count). The van der Waals surface area contributed by atoms with Crippen LogP contribution in [0.4, 0.5) is 0 Å². The van der Waals surface area contributed by atoms with E-state index < -0.39 is 0 Å². The summed E-state index contributed by atoms with van der Waals surface area (Å²) in [6.45, 7) is 2.13. The van der Waals surface area contributed by atoms with Crippen LogP contribution in [0.15, 0.2) is 15.9 Å². The standard InChI is InChI=1S/C9H14BrNS2/c1-2-7(11)5-12-6-9-8(10)3-4-13-9/h3-4,7H,2,5-6,11H2,1H3. The fraction of sp³-hybridized carbons (Fsp3) is 0.556. The Kier molecular flexibility index (Phi) is 5.39. The van der Waals surface area contributed by atoms with Crippen molar-refractivity contribution in [3.05, 3.63) is 20.8 Å². The highest BCUT2D eigenvalue weighted by Gasteiger charge is 2.03. The van der Waals surface area contributed by atoms with Gasteiger partial charge < -0.3 is 5.73 Å². The molecule has 0 aliphatic heterocycles. The minimum Gasteiger partial charge on any atom is -0.327 e. The normalized spacial score (nSPS) is 13.2. The number of rotatable bonds is 5. The molecule has 1 aromatic heterocycles. The van der Waals surface area contributed by atoms with Crippen molar-refractivity contribution in [2.75, 3.05) is 5.75 Å². The van der Waals surface area contributed by atoms with Crippen LogP contribution in [0.25, 0.3) is 0 Å². The van der Waals surface area contributed by atoms with Gasteiger partial charge in [0, 0.05) is 26.9 Å². The number of thioether (sulfide) groups is 1. The van der Waals surface area contributed by atoms with Gasteiger partial charge in [0.05, 0.1) is 0 Å². The second kappa shape index (κ2) is 6.06. The van der Waals surface area contributed by atoms with Crippen molar-refractivity contribution in [2.45, 2.75) is 25.1 Å². The van der Waals surface area contributed by atoms with Crippen molar-refractivity contribution in [1.82, 2.24) is 0 Å².